The number of anilines is 1. The van der Waals surface area contributed by atoms with Crippen molar-refractivity contribution in [3.8, 4) is 0 Å². The Morgan fingerprint density at radius 2 is 2.40 bits per heavy atom. The van der Waals surface area contributed by atoms with Crippen molar-refractivity contribution in [2.24, 2.45) is 5.84 Å². The van der Waals surface area contributed by atoms with Crippen LogP contribution < -0.4 is 11.3 Å². The molecule has 0 saturated heterocycles. The zero-order valence-corrected chi connectivity index (χ0v) is 9.73. The van der Waals surface area contributed by atoms with Crippen LogP contribution in [0.4, 0.5) is 5.82 Å². The number of hydrazine groups is 1. The zero-order valence-electron chi connectivity index (χ0n) is 8.10. The number of nitrogen functional groups attached to an aromatic ring is 1. The van der Waals surface area contributed by atoms with Crippen molar-refractivity contribution in [3.05, 3.63) is 29.4 Å². The molecular weight excluding hydrogens is 228 g/mol. The minimum absolute atomic E-state index is 0.660. The maximum Gasteiger partial charge on any atom is 0.154 e. The number of nitrogens with two attached hydrogens (primary N) is 1. The largest absolute Gasteiger partial charge is 0.308 e. The third-order valence-electron chi connectivity index (χ3n) is 1.68. The predicted molar refractivity (Wildman–Crippen MR) is 63.0 cm³/mol. The summed E-state index contributed by atoms with van der Waals surface area (Å²) in [6.45, 7) is 1.99. The van der Waals surface area contributed by atoms with Crippen molar-refractivity contribution < 1.29 is 0 Å². The number of hydrogen-bond acceptors (Lipinski definition) is 6. The summed E-state index contributed by atoms with van der Waals surface area (Å²) in [7, 11) is 0. The van der Waals surface area contributed by atoms with Crippen molar-refractivity contribution in [1.82, 2.24) is 9.97 Å². The Morgan fingerprint density at radius 3 is 3.07 bits per heavy atom. The Labute approximate surface area is 95.9 Å². The van der Waals surface area contributed by atoms with E-state index in [4.69, 9.17) is 5.84 Å². The quantitative estimate of drug-likeness (QED) is 0.634. The number of aryl methyl sites for hydroxylation is 1. The van der Waals surface area contributed by atoms with Crippen molar-refractivity contribution >= 4 is 28.9 Å². The Balaban J connectivity index is 2.16. The molecule has 0 fully saturated rings. The van der Waals surface area contributed by atoms with Gasteiger partial charge in [-0.2, -0.15) is 0 Å². The molecule has 2 aromatic heterocycles. The summed E-state index contributed by atoms with van der Waals surface area (Å²) in [5, 5.41) is 2.03. The second-order valence-electron chi connectivity index (χ2n) is 2.88. The molecule has 0 bridgehead atoms. The van der Waals surface area contributed by atoms with Gasteiger partial charge in [0.15, 0.2) is 4.34 Å². The highest BCUT2D eigenvalue weighted by atomic mass is 32.2. The summed E-state index contributed by atoms with van der Waals surface area (Å²) in [5.74, 6) is 5.94. The number of nitrogens with one attached hydrogen (secondary N) is 1. The lowest BCUT2D eigenvalue weighted by atomic mass is 10.5. The van der Waals surface area contributed by atoms with E-state index in [1.807, 2.05) is 24.4 Å². The molecule has 15 heavy (non-hydrogen) atoms. The van der Waals surface area contributed by atoms with Crippen molar-refractivity contribution in [2.45, 2.75) is 16.2 Å². The summed E-state index contributed by atoms with van der Waals surface area (Å²) in [6, 6.07) is 3.82. The maximum atomic E-state index is 5.28. The van der Waals surface area contributed by atoms with E-state index in [9.17, 15) is 0 Å². The van der Waals surface area contributed by atoms with Gasteiger partial charge < -0.3 is 5.43 Å². The molecule has 2 rings (SSSR count). The lowest BCUT2D eigenvalue weighted by Gasteiger charge is -2.00. The minimum Gasteiger partial charge on any atom is -0.308 e. The first kappa shape index (κ1) is 10.4. The molecule has 0 aliphatic carbocycles. The van der Waals surface area contributed by atoms with Crippen LogP contribution in [0.5, 0.6) is 0 Å². The smallest absolute Gasteiger partial charge is 0.154 e. The Morgan fingerprint density at radius 1 is 1.53 bits per heavy atom. The fourth-order valence-electron chi connectivity index (χ4n) is 1.03. The molecule has 6 heteroatoms. The Kier molecular flexibility index (Phi) is 3.20. The van der Waals surface area contributed by atoms with Crippen LogP contribution in [-0.4, -0.2) is 9.97 Å². The van der Waals surface area contributed by atoms with E-state index >= 15 is 0 Å². The first-order valence-electron chi connectivity index (χ1n) is 4.30. The van der Waals surface area contributed by atoms with Crippen molar-refractivity contribution in [3.63, 3.8) is 0 Å². The highest BCUT2D eigenvalue weighted by molar-refractivity contribution is 8.01. The van der Waals surface area contributed by atoms with Crippen molar-refractivity contribution in [2.75, 3.05) is 5.43 Å². The van der Waals surface area contributed by atoms with Crippen LogP contribution in [0.25, 0.3) is 0 Å². The van der Waals surface area contributed by atoms with Crippen molar-refractivity contribution in [1.29, 1.82) is 0 Å². The SMILES string of the molecule is Cc1csc(Sc2ccnc(NN)c2)n1. The summed E-state index contributed by atoms with van der Waals surface area (Å²) in [4.78, 5) is 9.49. The molecule has 2 aromatic rings. The Bertz CT molecular complexity index is 455. The van der Waals surface area contributed by atoms with Gasteiger partial charge in [-0.15, -0.1) is 11.3 Å². The lowest BCUT2D eigenvalue weighted by Crippen LogP contribution is -2.07. The molecule has 0 aliphatic rings. The van der Waals surface area contributed by atoms with Crippen LogP contribution in [-0.2, 0) is 0 Å². The third kappa shape index (κ3) is 2.68. The molecule has 0 atom stereocenters. The second-order valence-corrected chi connectivity index (χ2v) is 5.06. The maximum absolute atomic E-state index is 5.28. The normalized spacial score (nSPS) is 10.3. The van der Waals surface area contributed by atoms with Crippen LogP contribution in [0.2, 0.25) is 0 Å². The molecule has 0 radical (unpaired) electrons. The zero-order chi connectivity index (χ0) is 10.7. The molecule has 0 amide bonds. The first-order chi connectivity index (χ1) is 7.28. The molecule has 0 saturated carbocycles. The number of thiazole rings is 1. The van der Waals surface area contributed by atoms with Gasteiger partial charge in [-0.3, -0.25) is 0 Å². The summed E-state index contributed by atoms with van der Waals surface area (Å²) in [5.41, 5.74) is 3.57. The highest BCUT2D eigenvalue weighted by Crippen LogP contribution is 2.30. The monoisotopic (exact) mass is 238 g/mol. The van der Waals surface area contributed by atoms with E-state index in [1.54, 1.807) is 29.3 Å². The van der Waals surface area contributed by atoms with Gasteiger partial charge in [-0.1, -0.05) is 11.8 Å². The molecule has 2 heterocycles. The van der Waals surface area contributed by atoms with E-state index in [-0.39, 0.29) is 0 Å². The number of hydrogen-bond donors (Lipinski definition) is 2. The number of aromatic nitrogens is 2. The van der Waals surface area contributed by atoms with Gasteiger partial charge in [-0.05, 0) is 19.1 Å². The minimum atomic E-state index is 0.660. The number of nitrogens with zero attached hydrogens (tertiary/aromatic N) is 2. The molecule has 78 valence electrons. The topological polar surface area (TPSA) is 63.8 Å². The molecule has 0 spiro atoms. The highest BCUT2D eigenvalue weighted by Gasteiger charge is 2.02. The van der Waals surface area contributed by atoms with E-state index in [2.05, 4.69) is 15.4 Å². The van der Waals surface area contributed by atoms with E-state index in [1.165, 1.54) is 0 Å². The number of rotatable bonds is 3. The van der Waals surface area contributed by atoms with Gasteiger partial charge in [-0.25, -0.2) is 15.8 Å². The fourth-order valence-corrected chi connectivity index (χ4v) is 2.87. The van der Waals surface area contributed by atoms with Gasteiger partial charge >= 0.3 is 0 Å². The molecule has 0 aliphatic heterocycles. The first-order valence-corrected chi connectivity index (χ1v) is 6.00. The predicted octanol–water partition coefficient (Wildman–Crippen LogP) is 2.28. The van der Waals surface area contributed by atoms with Gasteiger partial charge in [0.1, 0.15) is 5.82 Å². The fraction of sp³-hybridized carbons (Fsp3) is 0.111. The van der Waals surface area contributed by atoms with Crippen LogP contribution >= 0.6 is 23.1 Å². The van der Waals surface area contributed by atoms with E-state index in [0.29, 0.717) is 5.82 Å². The van der Waals surface area contributed by atoms with Gasteiger partial charge in [0.25, 0.3) is 0 Å². The number of pyridine rings is 1. The lowest BCUT2D eigenvalue weighted by molar-refractivity contribution is 1.15. The summed E-state index contributed by atoms with van der Waals surface area (Å²) < 4.78 is 1.03. The van der Waals surface area contributed by atoms with Crippen LogP contribution in [0, 0.1) is 6.92 Å². The Hall–Kier alpha value is -1.11. The molecule has 4 nitrogen and oxygen atoms in total. The van der Waals surface area contributed by atoms with Gasteiger partial charge in [0.05, 0.1) is 0 Å². The summed E-state index contributed by atoms with van der Waals surface area (Å²) in [6.07, 6.45) is 1.72. The van der Waals surface area contributed by atoms with Crippen LogP contribution in [0.1, 0.15) is 5.69 Å². The van der Waals surface area contributed by atoms with E-state index < -0.39 is 0 Å². The summed E-state index contributed by atoms with van der Waals surface area (Å²) >= 11 is 3.25. The average Bonchev–Trinajstić information content (AvgIpc) is 2.64. The molecular formula is C9H10N4S2. The molecule has 0 aromatic carbocycles. The van der Waals surface area contributed by atoms with Gasteiger partial charge in [0.2, 0.25) is 0 Å². The molecule has 0 unspecified atom stereocenters. The van der Waals surface area contributed by atoms with Gasteiger partial charge in [0, 0.05) is 22.2 Å². The average molecular weight is 238 g/mol. The second kappa shape index (κ2) is 4.61. The van der Waals surface area contributed by atoms with Crippen LogP contribution in [0.3, 0.4) is 0 Å². The van der Waals surface area contributed by atoms with Crippen LogP contribution in [0.15, 0.2) is 32.9 Å². The standard InChI is InChI=1S/C9H10N4S2/c1-6-5-14-9(12-6)15-7-2-3-11-8(4-7)13-10/h2-5H,10H2,1H3,(H,11,13). The van der Waals surface area contributed by atoms with E-state index in [0.717, 1.165) is 14.9 Å². The molecule has 3 N–H and O–H groups in total. The third-order valence-corrected chi connectivity index (χ3v) is 3.73.